The lowest BCUT2D eigenvalue weighted by Crippen LogP contribution is -2.16. The van der Waals surface area contributed by atoms with E-state index in [2.05, 4.69) is 20.1 Å². The summed E-state index contributed by atoms with van der Waals surface area (Å²) in [4.78, 5) is 24.5. The topological polar surface area (TPSA) is 75.9 Å². The van der Waals surface area contributed by atoms with Crippen LogP contribution in [0.4, 0.5) is 4.39 Å². The average Bonchev–Trinajstić information content (AvgIpc) is 3.24. The van der Waals surface area contributed by atoms with Crippen molar-refractivity contribution in [1.82, 2.24) is 19.6 Å². The number of rotatable bonds is 3. The Morgan fingerprint density at radius 3 is 2.83 bits per heavy atom. The van der Waals surface area contributed by atoms with Crippen molar-refractivity contribution in [2.24, 2.45) is 5.10 Å². The molecule has 0 spiro atoms. The van der Waals surface area contributed by atoms with Crippen molar-refractivity contribution >= 4 is 27.8 Å². The number of thiophene rings is 1. The highest BCUT2D eigenvalue weighted by Crippen LogP contribution is 2.30. The maximum Gasteiger partial charge on any atom is 0.283 e. The van der Waals surface area contributed by atoms with Crippen LogP contribution in [0.3, 0.4) is 0 Å². The molecule has 8 heteroatoms. The Balaban J connectivity index is 1.84. The molecule has 1 aromatic carbocycles. The minimum Gasteiger partial charge on any atom is -0.344 e. The Bertz CT molecular complexity index is 1080. The van der Waals surface area contributed by atoms with Gasteiger partial charge in [0.1, 0.15) is 22.8 Å². The molecule has 0 fully saturated rings. The molecular formula is C16H10FN5OS. The van der Waals surface area contributed by atoms with Crippen molar-refractivity contribution in [3.63, 3.8) is 0 Å². The summed E-state index contributed by atoms with van der Waals surface area (Å²) in [6.45, 7) is 0. The molecule has 0 aliphatic carbocycles. The lowest BCUT2D eigenvalue weighted by atomic mass is 10.1. The summed E-state index contributed by atoms with van der Waals surface area (Å²) in [5.74, 6) is 0.211. The number of aromatic amines is 1. The third-order valence-electron chi connectivity index (χ3n) is 3.46. The molecule has 0 amide bonds. The van der Waals surface area contributed by atoms with Crippen molar-refractivity contribution in [2.45, 2.75) is 0 Å². The molecule has 4 rings (SSSR count). The van der Waals surface area contributed by atoms with Crippen LogP contribution < -0.4 is 5.56 Å². The highest BCUT2D eigenvalue weighted by molar-refractivity contribution is 7.17. The van der Waals surface area contributed by atoms with Crippen LogP contribution in [0.5, 0.6) is 0 Å². The van der Waals surface area contributed by atoms with Gasteiger partial charge in [0.2, 0.25) is 0 Å². The summed E-state index contributed by atoms with van der Waals surface area (Å²) in [6, 6.07) is 6.00. The first kappa shape index (κ1) is 14.5. The molecule has 0 unspecified atom stereocenters. The van der Waals surface area contributed by atoms with E-state index in [1.165, 1.54) is 36.0 Å². The van der Waals surface area contributed by atoms with E-state index in [0.717, 1.165) is 15.8 Å². The van der Waals surface area contributed by atoms with Gasteiger partial charge in [-0.2, -0.15) is 9.78 Å². The Morgan fingerprint density at radius 1 is 1.25 bits per heavy atom. The van der Waals surface area contributed by atoms with E-state index in [0.29, 0.717) is 16.0 Å². The zero-order valence-corrected chi connectivity index (χ0v) is 13.0. The summed E-state index contributed by atoms with van der Waals surface area (Å²) < 4.78 is 14.3. The average molecular weight is 339 g/mol. The first-order valence-electron chi connectivity index (χ1n) is 7.01. The van der Waals surface area contributed by atoms with Crippen LogP contribution >= 0.6 is 11.3 Å². The first-order valence-corrected chi connectivity index (χ1v) is 7.89. The normalized spacial score (nSPS) is 11.5. The number of halogens is 1. The van der Waals surface area contributed by atoms with Crippen molar-refractivity contribution in [2.75, 3.05) is 0 Å². The second-order valence-electron chi connectivity index (χ2n) is 4.95. The monoisotopic (exact) mass is 339 g/mol. The van der Waals surface area contributed by atoms with E-state index in [9.17, 15) is 9.18 Å². The molecule has 0 aliphatic rings. The lowest BCUT2D eigenvalue weighted by Gasteiger charge is -2.01. The van der Waals surface area contributed by atoms with E-state index in [-0.39, 0.29) is 11.4 Å². The fourth-order valence-corrected chi connectivity index (χ4v) is 3.22. The van der Waals surface area contributed by atoms with Crippen molar-refractivity contribution in [3.8, 4) is 11.1 Å². The third kappa shape index (κ3) is 2.52. The minimum atomic E-state index is -0.322. The molecule has 0 saturated heterocycles. The quantitative estimate of drug-likeness (QED) is 0.583. The van der Waals surface area contributed by atoms with Crippen LogP contribution in [0.25, 0.3) is 21.3 Å². The van der Waals surface area contributed by atoms with Gasteiger partial charge in [0.05, 0.1) is 11.6 Å². The SMILES string of the molecule is O=c1c2c(-c3ccc(F)cc3)csc2ncn1/N=C/c1ncc[nH]1. The van der Waals surface area contributed by atoms with Gasteiger partial charge in [-0.25, -0.2) is 14.4 Å². The van der Waals surface area contributed by atoms with Gasteiger partial charge in [0.15, 0.2) is 0 Å². The summed E-state index contributed by atoms with van der Waals surface area (Å²) in [5.41, 5.74) is 1.19. The summed E-state index contributed by atoms with van der Waals surface area (Å²) in [7, 11) is 0. The molecule has 4 aromatic rings. The molecule has 3 heterocycles. The molecule has 0 radical (unpaired) electrons. The standard InChI is InChI=1S/C16H10FN5OS/c17-11-3-1-10(2-4-11)12-8-24-15-14(12)16(23)22(9-20-15)21-7-13-18-5-6-19-13/h1-9H,(H,18,19)/b21-7+. The number of nitrogens with zero attached hydrogens (tertiary/aromatic N) is 4. The van der Waals surface area contributed by atoms with E-state index >= 15 is 0 Å². The smallest absolute Gasteiger partial charge is 0.283 e. The van der Waals surface area contributed by atoms with E-state index in [1.54, 1.807) is 24.5 Å². The van der Waals surface area contributed by atoms with Crippen LogP contribution in [0.15, 0.2) is 58.3 Å². The molecule has 3 aromatic heterocycles. The number of H-pyrrole nitrogens is 1. The number of benzene rings is 1. The number of hydrogen-bond donors (Lipinski definition) is 1. The van der Waals surface area contributed by atoms with Crippen LogP contribution in [-0.2, 0) is 0 Å². The van der Waals surface area contributed by atoms with Gasteiger partial charge >= 0.3 is 0 Å². The van der Waals surface area contributed by atoms with Crippen LogP contribution in [0.2, 0.25) is 0 Å². The molecule has 6 nitrogen and oxygen atoms in total. The molecular weight excluding hydrogens is 329 g/mol. The van der Waals surface area contributed by atoms with Crippen molar-refractivity contribution in [3.05, 3.63) is 70.4 Å². The van der Waals surface area contributed by atoms with E-state index < -0.39 is 0 Å². The number of hydrogen-bond acceptors (Lipinski definition) is 5. The second-order valence-corrected chi connectivity index (χ2v) is 5.81. The Kier molecular flexibility index (Phi) is 3.51. The largest absolute Gasteiger partial charge is 0.344 e. The van der Waals surface area contributed by atoms with E-state index in [1.807, 2.05) is 5.38 Å². The molecule has 0 aliphatic heterocycles. The first-order chi connectivity index (χ1) is 11.7. The molecule has 118 valence electrons. The maximum absolute atomic E-state index is 13.1. The Hall–Kier alpha value is -3.13. The van der Waals surface area contributed by atoms with E-state index in [4.69, 9.17) is 0 Å². The predicted molar refractivity (Wildman–Crippen MR) is 90.9 cm³/mol. The molecule has 24 heavy (non-hydrogen) atoms. The fourth-order valence-electron chi connectivity index (χ4n) is 2.31. The van der Waals surface area contributed by atoms with Crippen LogP contribution in [0, 0.1) is 5.82 Å². The molecule has 1 N–H and O–H groups in total. The maximum atomic E-state index is 13.1. The Morgan fingerprint density at radius 2 is 2.08 bits per heavy atom. The minimum absolute atomic E-state index is 0.289. The van der Waals surface area contributed by atoms with Gasteiger partial charge in [0, 0.05) is 23.3 Å². The van der Waals surface area contributed by atoms with Gasteiger partial charge in [-0.3, -0.25) is 4.79 Å². The number of fused-ring (bicyclic) bond motifs is 1. The van der Waals surface area contributed by atoms with Gasteiger partial charge in [0.25, 0.3) is 5.56 Å². The number of nitrogens with one attached hydrogen (secondary N) is 1. The number of aromatic nitrogens is 4. The fraction of sp³-hybridized carbons (Fsp3) is 0. The Labute approximate surface area is 139 Å². The van der Waals surface area contributed by atoms with Crippen LogP contribution in [-0.4, -0.2) is 25.8 Å². The van der Waals surface area contributed by atoms with Crippen LogP contribution in [0.1, 0.15) is 5.82 Å². The summed E-state index contributed by atoms with van der Waals surface area (Å²) >= 11 is 1.36. The van der Waals surface area contributed by atoms with Crippen molar-refractivity contribution < 1.29 is 4.39 Å². The van der Waals surface area contributed by atoms with Crippen molar-refractivity contribution in [1.29, 1.82) is 0 Å². The number of imidazole rings is 1. The second kappa shape index (κ2) is 5.82. The van der Waals surface area contributed by atoms with Gasteiger partial charge < -0.3 is 4.98 Å². The van der Waals surface area contributed by atoms with Gasteiger partial charge in [-0.05, 0) is 17.7 Å². The molecule has 0 bridgehead atoms. The zero-order valence-electron chi connectivity index (χ0n) is 12.2. The zero-order chi connectivity index (χ0) is 16.5. The lowest BCUT2D eigenvalue weighted by molar-refractivity contribution is 0.628. The van der Waals surface area contributed by atoms with Gasteiger partial charge in [-0.15, -0.1) is 11.3 Å². The predicted octanol–water partition coefficient (Wildman–Crippen LogP) is 2.87. The highest BCUT2D eigenvalue weighted by Gasteiger charge is 2.13. The van der Waals surface area contributed by atoms with Gasteiger partial charge in [-0.1, -0.05) is 12.1 Å². The molecule has 0 saturated carbocycles. The highest BCUT2D eigenvalue weighted by atomic mass is 32.1. The third-order valence-corrected chi connectivity index (χ3v) is 4.34. The summed E-state index contributed by atoms with van der Waals surface area (Å²) in [6.07, 6.45) is 6.07. The molecule has 0 atom stereocenters. The summed E-state index contributed by atoms with van der Waals surface area (Å²) in [5, 5.41) is 6.40.